The van der Waals surface area contributed by atoms with Gasteiger partial charge in [-0.2, -0.15) is 4.37 Å². The van der Waals surface area contributed by atoms with Crippen molar-refractivity contribution in [2.24, 2.45) is 5.92 Å². The van der Waals surface area contributed by atoms with Gasteiger partial charge in [0.15, 0.2) is 0 Å². The van der Waals surface area contributed by atoms with Crippen molar-refractivity contribution in [2.75, 3.05) is 11.1 Å². The van der Waals surface area contributed by atoms with E-state index in [1.807, 2.05) is 0 Å². The zero-order chi connectivity index (χ0) is 18.1. The molecule has 1 aromatic rings. The van der Waals surface area contributed by atoms with E-state index in [1.165, 1.54) is 28.2 Å². The molecule has 3 N–H and O–H groups in total. The number of carboxylic acid groups (broad SMARTS) is 1. The maximum Gasteiger partial charge on any atom is 0.353 e. The van der Waals surface area contributed by atoms with Crippen LogP contribution in [0.3, 0.4) is 0 Å². The van der Waals surface area contributed by atoms with Gasteiger partial charge in [0.25, 0.3) is 0 Å². The minimum Gasteiger partial charge on any atom is -0.477 e. The predicted octanol–water partition coefficient (Wildman–Crippen LogP) is 0.895. The molecule has 2 aliphatic rings. The third-order valence-electron chi connectivity index (χ3n) is 4.36. The number of aryl methyl sites for hydroxylation is 1. The van der Waals surface area contributed by atoms with Crippen molar-refractivity contribution in [2.45, 2.75) is 31.9 Å². The Morgan fingerprint density at radius 1 is 1.64 bits per heavy atom. The summed E-state index contributed by atoms with van der Waals surface area (Å²) < 4.78 is 4.22. The molecule has 0 spiro atoms. The lowest BCUT2D eigenvalue weighted by Crippen LogP contribution is -2.61. The predicted molar refractivity (Wildman–Crippen MR) is 93.0 cm³/mol. The molecule has 1 aromatic heterocycles. The van der Waals surface area contributed by atoms with Gasteiger partial charge in [-0.15, -0.1) is 11.8 Å². The fourth-order valence-corrected chi connectivity index (χ4v) is 5.08. The standard InChI is InChI=1S/C15H17N3O5S2/c1-7(20)12-10-4-11(13(15(22)23)18(10)14(12)21)24-3-2-8-9(16-6-19)5-25-17-8/h5-7,10,12,20H,2-4H2,1H3,(H,16,19)(H,22,23)/t7-,10+,12-/m0/s1. The summed E-state index contributed by atoms with van der Waals surface area (Å²) in [5.74, 6) is -1.41. The smallest absolute Gasteiger partial charge is 0.353 e. The molecule has 0 aromatic carbocycles. The second-order valence-corrected chi connectivity index (χ2v) is 7.68. The number of aliphatic carboxylic acids is 1. The third-order valence-corrected chi connectivity index (χ3v) is 6.15. The summed E-state index contributed by atoms with van der Waals surface area (Å²) in [7, 11) is 0. The molecule has 1 saturated heterocycles. The number of carboxylic acids is 1. The van der Waals surface area contributed by atoms with Crippen LogP contribution in [0.1, 0.15) is 19.0 Å². The highest BCUT2D eigenvalue weighted by Crippen LogP contribution is 2.47. The van der Waals surface area contributed by atoms with Crippen LogP contribution in [0.25, 0.3) is 0 Å². The van der Waals surface area contributed by atoms with Gasteiger partial charge in [0.1, 0.15) is 5.70 Å². The summed E-state index contributed by atoms with van der Waals surface area (Å²) >= 11 is 2.62. The number of amides is 2. The largest absolute Gasteiger partial charge is 0.477 e. The molecule has 3 atom stereocenters. The number of β-lactam (4-membered cyclic amide) rings is 1. The summed E-state index contributed by atoms with van der Waals surface area (Å²) in [6.45, 7) is 1.55. The lowest BCUT2D eigenvalue weighted by molar-refractivity contribution is -0.161. The van der Waals surface area contributed by atoms with Gasteiger partial charge in [-0.3, -0.25) is 9.59 Å². The van der Waals surface area contributed by atoms with E-state index < -0.39 is 18.0 Å². The summed E-state index contributed by atoms with van der Waals surface area (Å²) in [6.07, 6.45) is 0.818. The van der Waals surface area contributed by atoms with Gasteiger partial charge in [0.2, 0.25) is 12.3 Å². The number of hydrogen-bond acceptors (Lipinski definition) is 7. The maximum absolute atomic E-state index is 12.1. The van der Waals surface area contributed by atoms with E-state index >= 15 is 0 Å². The highest BCUT2D eigenvalue weighted by atomic mass is 32.2. The summed E-state index contributed by atoms with van der Waals surface area (Å²) in [6, 6.07) is -0.271. The molecule has 3 rings (SSSR count). The second kappa shape index (κ2) is 7.14. The van der Waals surface area contributed by atoms with E-state index in [2.05, 4.69) is 9.69 Å². The first-order valence-electron chi connectivity index (χ1n) is 7.69. The number of carbonyl (C=O) groups is 3. The Bertz CT molecular complexity index is 745. The van der Waals surface area contributed by atoms with Crippen molar-refractivity contribution in [1.82, 2.24) is 9.27 Å². The average Bonchev–Trinajstić information content (AvgIpc) is 3.10. The van der Waals surface area contributed by atoms with Crippen LogP contribution in [-0.2, 0) is 20.8 Å². The van der Waals surface area contributed by atoms with Crippen LogP contribution >= 0.6 is 23.3 Å². The van der Waals surface area contributed by atoms with E-state index in [0.717, 1.165) is 5.69 Å². The number of hydrogen-bond donors (Lipinski definition) is 3. The van der Waals surface area contributed by atoms with E-state index in [9.17, 15) is 24.6 Å². The lowest BCUT2D eigenvalue weighted by atomic mass is 9.83. The first kappa shape index (κ1) is 17.9. The molecular weight excluding hydrogens is 366 g/mol. The van der Waals surface area contributed by atoms with Crippen LogP contribution in [0.4, 0.5) is 5.69 Å². The first-order valence-corrected chi connectivity index (χ1v) is 9.51. The second-order valence-electron chi connectivity index (χ2n) is 5.86. The zero-order valence-electron chi connectivity index (χ0n) is 13.3. The molecule has 10 heteroatoms. The van der Waals surface area contributed by atoms with Crippen molar-refractivity contribution in [1.29, 1.82) is 0 Å². The fraction of sp³-hybridized carbons (Fsp3) is 0.467. The van der Waals surface area contributed by atoms with Gasteiger partial charge in [0.05, 0.1) is 29.4 Å². The molecule has 2 aliphatic heterocycles. The van der Waals surface area contributed by atoms with Crippen molar-refractivity contribution in [3.05, 3.63) is 21.7 Å². The van der Waals surface area contributed by atoms with Gasteiger partial charge in [-0.25, -0.2) is 4.79 Å². The molecule has 2 amide bonds. The van der Waals surface area contributed by atoms with E-state index in [0.29, 0.717) is 35.6 Å². The Hall–Kier alpha value is -1.91. The number of aliphatic hydroxyl groups excluding tert-OH is 1. The molecule has 0 unspecified atom stereocenters. The van der Waals surface area contributed by atoms with Crippen molar-refractivity contribution < 1.29 is 24.6 Å². The Labute approximate surface area is 152 Å². The molecule has 0 radical (unpaired) electrons. The van der Waals surface area contributed by atoms with Gasteiger partial charge >= 0.3 is 5.97 Å². The monoisotopic (exact) mass is 383 g/mol. The topological polar surface area (TPSA) is 120 Å². The zero-order valence-corrected chi connectivity index (χ0v) is 15.0. The number of anilines is 1. The molecule has 0 saturated carbocycles. The first-order chi connectivity index (χ1) is 12.0. The molecule has 8 nitrogen and oxygen atoms in total. The van der Waals surface area contributed by atoms with E-state index in [-0.39, 0.29) is 17.6 Å². The molecule has 1 fully saturated rings. The van der Waals surface area contributed by atoms with Gasteiger partial charge in [-0.05, 0) is 18.5 Å². The van der Waals surface area contributed by atoms with Crippen molar-refractivity contribution in [3.63, 3.8) is 0 Å². The van der Waals surface area contributed by atoms with Gasteiger partial charge in [0, 0.05) is 28.9 Å². The molecule has 0 aliphatic carbocycles. The highest BCUT2D eigenvalue weighted by Gasteiger charge is 2.56. The number of thioether (sulfide) groups is 1. The number of aromatic nitrogens is 1. The quantitative estimate of drug-likeness (QED) is 0.450. The van der Waals surface area contributed by atoms with Crippen LogP contribution in [-0.4, -0.2) is 55.7 Å². The Kier molecular flexibility index (Phi) is 5.11. The SMILES string of the molecule is C[C@H](O)[C@@H]1C(=O)N2C(C(=O)O)=C(SCCc3nscc3NC=O)C[C@H]12. The number of nitrogens with one attached hydrogen (secondary N) is 1. The van der Waals surface area contributed by atoms with E-state index in [1.54, 1.807) is 12.3 Å². The molecule has 0 bridgehead atoms. The van der Waals surface area contributed by atoms with E-state index in [4.69, 9.17) is 0 Å². The maximum atomic E-state index is 12.1. The molecule has 134 valence electrons. The Morgan fingerprint density at radius 3 is 3.04 bits per heavy atom. The van der Waals surface area contributed by atoms with Crippen LogP contribution < -0.4 is 5.32 Å². The molecule has 3 heterocycles. The van der Waals surface area contributed by atoms with Gasteiger partial charge in [-0.1, -0.05) is 0 Å². The van der Waals surface area contributed by atoms with Crippen LogP contribution in [0.5, 0.6) is 0 Å². The number of aliphatic hydroxyl groups is 1. The van der Waals surface area contributed by atoms with Crippen LogP contribution in [0.2, 0.25) is 0 Å². The Morgan fingerprint density at radius 2 is 2.40 bits per heavy atom. The molecule has 25 heavy (non-hydrogen) atoms. The van der Waals surface area contributed by atoms with Crippen molar-refractivity contribution >= 4 is 47.3 Å². The summed E-state index contributed by atoms with van der Waals surface area (Å²) in [5.41, 5.74) is 1.44. The summed E-state index contributed by atoms with van der Waals surface area (Å²) in [4.78, 5) is 36.2. The van der Waals surface area contributed by atoms with Crippen LogP contribution in [0.15, 0.2) is 16.0 Å². The van der Waals surface area contributed by atoms with Crippen molar-refractivity contribution in [3.8, 4) is 0 Å². The summed E-state index contributed by atoms with van der Waals surface area (Å²) in [5, 5.41) is 23.5. The minimum absolute atomic E-state index is 0.0291. The normalized spacial score (nSPS) is 23.3. The number of nitrogens with zero attached hydrogens (tertiary/aromatic N) is 2. The van der Waals surface area contributed by atoms with Crippen LogP contribution in [0, 0.1) is 5.92 Å². The minimum atomic E-state index is -1.13. The molecular formula is C15H17N3O5S2. The fourth-order valence-electron chi connectivity index (χ4n) is 3.25. The number of rotatable bonds is 8. The number of fused-ring (bicyclic) bond motifs is 1. The third kappa shape index (κ3) is 3.16. The lowest BCUT2D eigenvalue weighted by Gasteiger charge is -2.44. The van der Waals surface area contributed by atoms with Gasteiger partial charge < -0.3 is 20.4 Å². The Balaban J connectivity index is 1.67. The number of carbonyl (C=O) groups excluding carboxylic acids is 2. The highest BCUT2D eigenvalue weighted by molar-refractivity contribution is 8.03. The average molecular weight is 383 g/mol.